The molecule has 0 aliphatic carbocycles. The highest BCUT2D eigenvalue weighted by molar-refractivity contribution is 5.57. The van der Waals surface area contributed by atoms with Crippen molar-refractivity contribution in [2.45, 2.75) is 33.2 Å². The molecule has 0 bridgehead atoms. The second-order valence-corrected chi connectivity index (χ2v) is 6.13. The summed E-state index contributed by atoms with van der Waals surface area (Å²) in [6.45, 7) is 11.2. The number of nitrogens with one attached hydrogen (secondary N) is 1. The molecule has 1 heterocycles. The van der Waals surface area contributed by atoms with Gasteiger partial charge in [0.15, 0.2) is 0 Å². The number of rotatable bonds is 5. The van der Waals surface area contributed by atoms with E-state index < -0.39 is 0 Å². The van der Waals surface area contributed by atoms with Crippen molar-refractivity contribution in [3.63, 3.8) is 0 Å². The smallest absolute Gasteiger partial charge is 0.126 e. The summed E-state index contributed by atoms with van der Waals surface area (Å²) in [5.74, 6) is -0.104. The minimum atomic E-state index is -0.104. The highest BCUT2D eigenvalue weighted by atomic mass is 19.1. The molecule has 118 valence electrons. The van der Waals surface area contributed by atoms with Crippen LogP contribution in [0.15, 0.2) is 12.1 Å². The fraction of sp³-hybridized carbons (Fsp3) is 0.647. The van der Waals surface area contributed by atoms with Crippen molar-refractivity contribution in [3.8, 4) is 0 Å². The van der Waals surface area contributed by atoms with Gasteiger partial charge in [0.1, 0.15) is 5.82 Å². The summed E-state index contributed by atoms with van der Waals surface area (Å²) in [4.78, 5) is 4.73. The molecular weight excluding hydrogens is 265 g/mol. The summed E-state index contributed by atoms with van der Waals surface area (Å²) in [5, 5.41) is 3.48. The van der Waals surface area contributed by atoms with Crippen molar-refractivity contribution in [2.75, 3.05) is 44.7 Å². The maximum Gasteiger partial charge on any atom is 0.126 e. The van der Waals surface area contributed by atoms with Crippen LogP contribution in [-0.4, -0.2) is 44.7 Å². The largest absolute Gasteiger partial charge is 0.369 e. The molecule has 21 heavy (non-hydrogen) atoms. The third kappa shape index (κ3) is 3.95. The molecule has 1 aliphatic heterocycles. The van der Waals surface area contributed by atoms with Crippen molar-refractivity contribution in [3.05, 3.63) is 29.1 Å². The molecule has 1 aromatic rings. The highest BCUT2D eigenvalue weighted by Gasteiger charge is 2.20. The number of halogens is 1. The van der Waals surface area contributed by atoms with E-state index in [2.05, 4.69) is 36.0 Å². The van der Waals surface area contributed by atoms with Gasteiger partial charge in [-0.05, 0) is 57.1 Å². The summed E-state index contributed by atoms with van der Waals surface area (Å²) >= 11 is 0. The van der Waals surface area contributed by atoms with E-state index >= 15 is 0 Å². The molecule has 1 saturated heterocycles. The molecule has 1 aliphatic rings. The Hall–Kier alpha value is -1.13. The monoisotopic (exact) mass is 293 g/mol. The van der Waals surface area contributed by atoms with Gasteiger partial charge in [-0.25, -0.2) is 4.39 Å². The number of hydrogen-bond donors (Lipinski definition) is 1. The summed E-state index contributed by atoms with van der Waals surface area (Å²) in [5.41, 5.74) is 3.00. The predicted molar refractivity (Wildman–Crippen MR) is 87.6 cm³/mol. The van der Waals surface area contributed by atoms with Crippen LogP contribution < -0.4 is 10.2 Å². The van der Waals surface area contributed by atoms with Crippen molar-refractivity contribution < 1.29 is 4.39 Å². The molecule has 0 radical (unpaired) electrons. The normalized spacial score (nSPS) is 18.0. The van der Waals surface area contributed by atoms with Crippen LogP contribution in [0.5, 0.6) is 0 Å². The topological polar surface area (TPSA) is 18.5 Å². The van der Waals surface area contributed by atoms with Crippen LogP contribution in [0.25, 0.3) is 0 Å². The zero-order valence-corrected chi connectivity index (χ0v) is 13.7. The van der Waals surface area contributed by atoms with Crippen LogP contribution in [0, 0.1) is 12.7 Å². The molecule has 1 unspecified atom stereocenters. The summed E-state index contributed by atoms with van der Waals surface area (Å²) < 4.78 is 14.0. The zero-order chi connectivity index (χ0) is 15.4. The van der Waals surface area contributed by atoms with Crippen LogP contribution in [0.2, 0.25) is 0 Å². The van der Waals surface area contributed by atoms with Crippen molar-refractivity contribution in [1.29, 1.82) is 0 Å². The Morgan fingerprint density at radius 3 is 2.52 bits per heavy atom. The van der Waals surface area contributed by atoms with E-state index in [-0.39, 0.29) is 11.9 Å². The molecule has 1 fully saturated rings. The average Bonchev–Trinajstić information content (AvgIpc) is 2.48. The Balaban J connectivity index is 2.27. The van der Waals surface area contributed by atoms with Gasteiger partial charge in [0, 0.05) is 37.9 Å². The second kappa shape index (κ2) is 7.23. The first kappa shape index (κ1) is 16.2. The number of piperazine rings is 1. The minimum absolute atomic E-state index is 0.104. The van der Waals surface area contributed by atoms with Gasteiger partial charge in [-0.3, -0.25) is 0 Å². The maximum absolute atomic E-state index is 14.0. The molecule has 0 aromatic heterocycles. The second-order valence-electron chi connectivity index (χ2n) is 6.13. The average molecular weight is 293 g/mol. The quantitative estimate of drug-likeness (QED) is 0.900. The van der Waals surface area contributed by atoms with Gasteiger partial charge < -0.3 is 15.1 Å². The number of likely N-dealkylation sites (N-methyl/N-ethyl adjacent to an activating group) is 1. The molecule has 0 amide bonds. The van der Waals surface area contributed by atoms with Crippen LogP contribution in [-0.2, 0) is 0 Å². The predicted octanol–water partition coefficient (Wildman–Crippen LogP) is 2.95. The first-order valence-corrected chi connectivity index (χ1v) is 7.99. The van der Waals surface area contributed by atoms with E-state index in [4.69, 9.17) is 0 Å². The molecule has 2 rings (SSSR count). The van der Waals surface area contributed by atoms with E-state index in [1.165, 1.54) is 5.69 Å². The van der Waals surface area contributed by atoms with E-state index in [0.29, 0.717) is 0 Å². The lowest BCUT2D eigenvalue weighted by Crippen LogP contribution is -2.45. The van der Waals surface area contributed by atoms with E-state index in [1.807, 2.05) is 13.0 Å². The molecule has 4 heteroatoms. The van der Waals surface area contributed by atoms with E-state index in [0.717, 1.165) is 50.3 Å². The number of aryl methyl sites for hydroxylation is 1. The number of nitrogens with zero attached hydrogens (tertiary/aromatic N) is 2. The van der Waals surface area contributed by atoms with E-state index in [1.54, 1.807) is 6.07 Å². The molecule has 1 aromatic carbocycles. The Labute approximate surface area is 128 Å². The van der Waals surface area contributed by atoms with E-state index in [9.17, 15) is 4.39 Å². The van der Waals surface area contributed by atoms with Gasteiger partial charge in [0.05, 0.1) is 0 Å². The first-order valence-electron chi connectivity index (χ1n) is 7.99. The van der Waals surface area contributed by atoms with Gasteiger partial charge in [-0.1, -0.05) is 6.92 Å². The molecule has 0 saturated carbocycles. The Bertz CT molecular complexity index is 467. The lowest BCUT2D eigenvalue weighted by molar-refractivity contribution is 0.312. The Morgan fingerprint density at radius 1 is 1.24 bits per heavy atom. The Morgan fingerprint density at radius 2 is 1.90 bits per heavy atom. The van der Waals surface area contributed by atoms with Crippen LogP contribution in [0.3, 0.4) is 0 Å². The van der Waals surface area contributed by atoms with Crippen LogP contribution >= 0.6 is 0 Å². The Kier molecular flexibility index (Phi) is 5.59. The summed E-state index contributed by atoms with van der Waals surface area (Å²) in [7, 11) is 2.15. The molecule has 1 N–H and O–H groups in total. The first-order chi connectivity index (χ1) is 10.0. The van der Waals surface area contributed by atoms with Crippen LogP contribution in [0.1, 0.15) is 37.4 Å². The number of hydrogen-bond acceptors (Lipinski definition) is 3. The van der Waals surface area contributed by atoms with Gasteiger partial charge >= 0.3 is 0 Å². The van der Waals surface area contributed by atoms with Crippen molar-refractivity contribution >= 4 is 5.69 Å². The maximum atomic E-state index is 14.0. The summed E-state index contributed by atoms with van der Waals surface area (Å²) in [6, 6.07) is 3.91. The van der Waals surface area contributed by atoms with Crippen molar-refractivity contribution in [2.24, 2.45) is 0 Å². The van der Waals surface area contributed by atoms with Gasteiger partial charge in [-0.15, -0.1) is 0 Å². The zero-order valence-electron chi connectivity index (χ0n) is 13.7. The fourth-order valence-electron chi connectivity index (χ4n) is 2.82. The van der Waals surface area contributed by atoms with Gasteiger partial charge in [0.25, 0.3) is 0 Å². The van der Waals surface area contributed by atoms with Gasteiger partial charge in [0.2, 0.25) is 0 Å². The highest BCUT2D eigenvalue weighted by Crippen LogP contribution is 2.30. The third-order valence-electron chi connectivity index (χ3n) is 4.32. The van der Waals surface area contributed by atoms with Crippen LogP contribution in [0.4, 0.5) is 10.1 Å². The lowest BCUT2D eigenvalue weighted by atomic mass is 10.0. The minimum Gasteiger partial charge on any atom is -0.369 e. The molecule has 1 atom stereocenters. The standard InChI is InChI=1S/C17H28FN3/c1-5-6-19-14(3)15-12-16(18)13(2)11-17(15)21-9-7-20(4)8-10-21/h11-12,14,19H,5-10H2,1-4H3. The third-order valence-corrected chi connectivity index (χ3v) is 4.32. The molecular formula is C17H28FN3. The number of anilines is 1. The van der Waals surface area contributed by atoms with Crippen molar-refractivity contribution in [1.82, 2.24) is 10.2 Å². The van der Waals surface area contributed by atoms with Gasteiger partial charge in [-0.2, -0.15) is 0 Å². The lowest BCUT2D eigenvalue weighted by Gasteiger charge is -2.36. The number of benzene rings is 1. The summed E-state index contributed by atoms with van der Waals surface area (Å²) in [6.07, 6.45) is 1.09. The molecule has 3 nitrogen and oxygen atoms in total. The molecule has 0 spiro atoms. The fourth-order valence-corrected chi connectivity index (χ4v) is 2.82. The SMILES string of the molecule is CCCNC(C)c1cc(F)c(C)cc1N1CCN(C)CC1.